The highest BCUT2D eigenvalue weighted by atomic mass is 19.1. The van der Waals surface area contributed by atoms with Gasteiger partial charge in [0.05, 0.1) is 16.8 Å². The number of para-hydroxylation sites is 1. The molecule has 0 saturated carbocycles. The third-order valence-electron chi connectivity index (χ3n) is 5.94. The van der Waals surface area contributed by atoms with Gasteiger partial charge in [-0.2, -0.15) is 10.2 Å². The Morgan fingerprint density at radius 1 is 1.20 bits per heavy atom. The second kappa shape index (κ2) is 8.67. The van der Waals surface area contributed by atoms with Crippen molar-refractivity contribution in [3.8, 4) is 17.2 Å². The van der Waals surface area contributed by atoms with Gasteiger partial charge in [-0.3, -0.25) is 9.59 Å². The van der Waals surface area contributed by atoms with Gasteiger partial charge in [0, 0.05) is 19.0 Å². The molecular formula is C24H20F2N6O3. The van der Waals surface area contributed by atoms with Crippen LogP contribution in [0, 0.1) is 11.6 Å². The van der Waals surface area contributed by atoms with Crippen LogP contribution in [0.1, 0.15) is 18.0 Å². The maximum absolute atomic E-state index is 13.9. The lowest BCUT2D eigenvalue weighted by Crippen LogP contribution is -2.26. The molecule has 1 aliphatic rings. The molecule has 1 aliphatic heterocycles. The number of amides is 1. The first-order chi connectivity index (χ1) is 16.9. The van der Waals surface area contributed by atoms with E-state index >= 15 is 0 Å². The monoisotopic (exact) mass is 478 g/mol. The predicted octanol–water partition coefficient (Wildman–Crippen LogP) is 3.26. The van der Waals surface area contributed by atoms with E-state index in [1.807, 2.05) is 0 Å². The Balaban J connectivity index is 1.54. The molecule has 35 heavy (non-hydrogen) atoms. The van der Waals surface area contributed by atoms with Crippen molar-refractivity contribution in [2.24, 2.45) is 0 Å². The lowest BCUT2D eigenvalue weighted by Gasteiger charge is -2.13. The van der Waals surface area contributed by atoms with Crippen LogP contribution in [0.3, 0.4) is 0 Å². The first kappa shape index (κ1) is 22.3. The van der Waals surface area contributed by atoms with E-state index in [9.17, 15) is 18.4 Å². The molecule has 5 rings (SSSR count). The lowest BCUT2D eigenvalue weighted by atomic mass is 10.0. The zero-order valence-electron chi connectivity index (χ0n) is 18.4. The van der Waals surface area contributed by atoms with Crippen molar-refractivity contribution in [2.75, 3.05) is 18.8 Å². The number of aromatic nitrogens is 4. The molecule has 1 atom stereocenters. The van der Waals surface area contributed by atoms with E-state index in [2.05, 4.69) is 21.9 Å². The van der Waals surface area contributed by atoms with Crippen molar-refractivity contribution >= 4 is 22.6 Å². The summed E-state index contributed by atoms with van der Waals surface area (Å²) in [6.45, 7) is 4.43. The number of ether oxygens (including phenoxy) is 1. The summed E-state index contributed by atoms with van der Waals surface area (Å²) in [5.41, 5.74) is 7.02. The number of anilines is 1. The normalized spacial score (nSPS) is 15.5. The van der Waals surface area contributed by atoms with Gasteiger partial charge in [-0.1, -0.05) is 12.6 Å². The van der Waals surface area contributed by atoms with E-state index < -0.39 is 22.9 Å². The molecule has 0 aliphatic carbocycles. The van der Waals surface area contributed by atoms with Crippen molar-refractivity contribution in [3.63, 3.8) is 0 Å². The largest absolute Gasteiger partial charge is 0.451 e. The van der Waals surface area contributed by atoms with Crippen LogP contribution in [0.4, 0.5) is 14.6 Å². The first-order valence-electron chi connectivity index (χ1n) is 10.8. The molecule has 3 heterocycles. The number of halogens is 2. The second-order valence-corrected chi connectivity index (χ2v) is 8.08. The van der Waals surface area contributed by atoms with E-state index in [-0.39, 0.29) is 23.4 Å². The van der Waals surface area contributed by atoms with Crippen molar-refractivity contribution in [1.29, 1.82) is 0 Å². The van der Waals surface area contributed by atoms with Crippen LogP contribution in [0.2, 0.25) is 0 Å². The van der Waals surface area contributed by atoms with Crippen LogP contribution in [-0.2, 0) is 4.79 Å². The van der Waals surface area contributed by atoms with Gasteiger partial charge < -0.3 is 15.4 Å². The summed E-state index contributed by atoms with van der Waals surface area (Å²) in [7, 11) is 0. The van der Waals surface area contributed by atoms with Gasteiger partial charge in [0.1, 0.15) is 11.3 Å². The number of benzene rings is 2. The van der Waals surface area contributed by atoms with Crippen LogP contribution in [0.15, 0.2) is 59.9 Å². The average molecular weight is 478 g/mol. The number of nitrogens with zero attached hydrogens (tertiary/aromatic N) is 4. The van der Waals surface area contributed by atoms with Gasteiger partial charge >= 0.3 is 0 Å². The Kier molecular flexibility index (Phi) is 5.51. The van der Waals surface area contributed by atoms with Crippen molar-refractivity contribution < 1.29 is 18.3 Å². The van der Waals surface area contributed by atoms with Gasteiger partial charge in [0.25, 0.3) is 5.56 Å². The summed E-state index contributed by atoms with van der Waals surface area (Å²) in [5, 5.41) is 11.2. The SMILES string of the molecule is C=CC(=O)N1CCC(c2nn(-c3ccc(Oc4c(F)cccc4F)cc3)c3c(N)n[nH]c(=O)c23)C1. The van der Waals surface area contributed by atoms with Crippen LogP contribution < -0.4 is 16.0 Å². The van der Waals surface area contributed by atoms with Gasteiger partial charge in [0.2, 0.25) is 5.91 Å². The van der Waals surface area contributed by atoms with E-state index in [4.69, 9.17) is 10.5 Å². The van der Waals surface area contributed by atoms with E-state index in [0.29, 0.717) is 41.8 Å². The second-order valence-electron chi connectivity index (χ2n) is 8.08. The van der Waals surface area contributed by atoms with Crippen LogP contribution in [0.25, 0.3) is 16.6 Å². The Labute approximate surface area is 197 Å². The van der Waals surface area contributed by atoms with E-state index in [0.717, 1.165) is 12.1 Å². The molecule has 2 aromatic heterocycles. The first-order valence-corrected chi connectivity index (χ1v) is 10.8. The summed E-state index contributed by atoms with van der Waals surface area (Å²) >= 11 is 0. The Bertz CT molecular complexity index is 1490. The fourth-order valence-corrected chi connectivity index (χ4v) is 4.25. The molecule has 4 aromatic rings. The summed E-state index contributed by atoms with van der Waals surface area (Å²) < 4.78 is 34.7. The number of carbonyl (C=O) groups is 1. The number of fused-ring (bicyclic) bond motifs is 1. The number of aromatic amines is 1. The third kappa shape index (κ3) is 3.90. The Morgan fingerprint density at radius 2 is 1.91 bits per heavy atom. The fraction of sp³-hybridized carbons (Fsp3) is 0.167. The van der Waals surface area contributed by atoms with Gasteiger partial charge in [-0.15, -0.1) is 0 Å². The molecule has 1 fully saturated rings. The predicted molar refractivity (Wildman–Crippen MR) is 124 cm³/mol. The van der Waals surface area contributed by atoms with Gasteiger partial charge in [-0.25, -0.2) is 18.6 Å². The molecule has 178 valence electrons. The summed E-state index contributed by atoms with van der Waals surface area (Å²) in [4.78, 5) is 26.4. The van der Waals surface area contributed by atoms with Crippen LogP contribution >= 0.6 is 0 Å². The lowest BCUT2D eigenvalue weighted by molar-refractivity contribution is -0.125. The summed E-state index contributed by atoms with van der Waals surface area (Å²) in [6, 6.07) is 9.73. The number of likely N-dealkylation sites (tertiary alicyclic amines) is 1. The number of nitrogens with one attached hydrogen (secondary N) is 1. The molecule has 2 aromatic carbocycles. The highest BCUT2D eigenvalue weighted by Gasteiger charge is 2.31. The number of nitrogen functional groups attached to an aromatic ring is 1. The van der Waals surface area contributed by atoms with E-state index in [1.54, 1.807) is 17.0 Å². The fourth-order valence-electron chi connectivity index (χ4n) is 4.25. The van der Waals surface area contributed by atoms with Gasteiger partial charge in [-0.05, 0) is 48.9 Å². The van der Waals surface area contributed by atoms with E-state index in [1.165, 1.54) is 29.0 Å². The Morgan fingerprint density at radius 3 is 2.60 bits per heavy atom. The maximum Gasteiger partial charge on any atom is 0.275 e. The average Bonchev–Trinajstić information content (AvgIpc) is 3.50. The topological polar surface area (TPSA) is 119 Å². The smallest absolute Gasteiger partial charge is 0.275 e. The molecule has 3 N–H and O–H groups in total. The van der Waals surface area contributed by atoms with Crippen LogP contribution in [0.5, 0.6) is 11.5 Å². The zero-order chi connectivity index (χ0) is 24.7. The minimum atomic E-state index is -0.824. The highest BCUT2D eigenvalue weighted by Crippen LogP contribution is 2.34. The number of nitrogens with two attached hydrogens (primary N) is 1. The minimum Gasteiger partial charge on any atom is -0.451 e. The number of H-pyrrole nitrogens is 1. The maximum atomic E-state index is 13.9. The van der Waals surface area contributed by atoms with Crippen LogP contribution in [-0.4, -0.2) is 43.9 Å². The zero-order valence-corrected chi connectivity index (χ0v) is 18.4. The van der Waals surface area contributed by atoms with Crippen molar-refractivity contribution in [1.82, 2.24) is 24.9 Å². The molecular weight excluding hydrogens is 458 g/mol. The summed E-state index contributed by atoms with van der Waals surface area (Å²) in [6.07, 6.45) is 1.87. The van der Waals surface area contributed by atoms with Gasteiger partial charge in [0.15, 0.2) is 23.2 Å². The molecule has 1 amide bonds. The molecule has 1 unspecified atom stereocenters. The number of carbonyl (C=O) groups excluding carboxylic acids is 1. The molecule has 1 saturated heterocycles. The molecule has 11 heteroatoms. The summed E-state index contributed by atoms with van der Waals surface area (Å²) in [5.74, 6) is -2.25. The standard InChI is InChI=1S/C24H20F2N6O3/c1-2-18(33)31-11-10-13(12-31)20-19-21(23(27)28-29-24(19)34)32(30-20)14-6-8-15(9-7-14)35-22-16(25)4-3-5-17(22)26/h2-9,13H,1,10-12H2,(H2,27,28)(H,29,34). The highest BCUT2D eigenvalue weighted by molar-refractivity contribution is 5.91. The molecule has 0 bridgehead atoms. The number of hydrogen-bond acceptors (Lipinski definition) is 6. The van der Waals surface area contributed by atoms with Crippen molar-refractivity contribution in [2.45, 2.75) is 12.3 Å². The Hall–Kier alpha value is -4.54. The molecule has 0 radical (unpaired) electrons. The number of hydrogen-bond donors (Lipinski definition) is 2. The molecule has 0 spiro atoms. The molecule has 9 nitrogen and oxygen atoms in total. The van der Waals surface area contributed by atoms with Crippen molar-refractivity contribution in [3.05, 3.63) is 82.8 Å². The third-order valence-corrected chi connectivity index (χ3v) is 5.94. The quantitative estimate of drug-likeness (QED) is 0.425. The number of rotatable bonds is 5. The minimum absolute atomic E-state index is 0.0733.